The van der Waals surface area contributed by atoms with Gasteiger partial charge in [0, 0.05) is 17.3 Å². The summed E-state index contributed by atoms with van der Waals surface area (Å²) in [5, 5.41) is 0. The van der Waals surface area contributed by atoms with Gasteiger partial charge in [-0.15, -0.1) is 0 Å². The van der Waals surface area contributed by atoms with Crippen LogP contribution >= 0.6 is 11.8 Å². The summed E-state index contributed by atoms with van der Waals surface area (Å²) in [5.41, 5.74) is 0.171. The molecule has 0 radical (unpaired) electrons. The molecule has 1 heterocycles. The van der Waals surface area contributed by atoms with E-state index in [1.54, 1.807) is 24.3 Å². The maximum atomic E-state index is 12.9. The number of ether oxygens (including phenoxy) is 1. The largest absolute Gasteiger partial charge is 0.496 e. The number of benzene rings is 2. The highest BCUT2D eigenvalue weighted by atomic mass is 35.5. The fraction of sp³-hybridized carbons (Fsp3) is 0.188. The number of nitrogens with zero attached hydrogens (tertiary/aromatic N) is 1. The third-order valence-electron chi connectivity index (χ3n) is 3.77. The molecule has 0 bridgehead atoms. The van der Waals surface area contributed by atoms with Gasteiger partial charge in [0.05, 0.1) is 24.3 Å². The molecule has 3 rings (SSSR count). The van der Waals surface area contributed by atoms with E-state index in [1.807, 2.05) is 0 Å². The van der Waals surface area contributed by atoms with E-state index in [9.17, 15) is 18.0 Å². The van der Waals surface area contributed by atoms with Crippen molar-refractivity contribution in [1.82, 2.24) is 0 Å². The fourth-order valence-electron chi connectivity index (χ4n) is 2.70. The summed E-state index contributed by atoms with van der Waals surface area (Å²) < 4.78 is 44.5. The lowest BCUT2D eigenvalue weighted by Crippen LogP contribution is -2.20. The predicted molar refractivity (Wildman–Crippen MR) is 79.6 cm³/mol. The van der Waals surface area contributed by atoms with Crippen LogP contribution in [-0.2, 0) is 11.0 Å². The number of rotatable bonds is 2. The molecule has 1 unspecified atom stereocenters. The van der Waals surface area contributed by atoms with Crippen molar-refractivity contribution in [1.29, 1.82) is 0 Å². The average Bonchev–Trinajstić information content (AvgIpc) is 2.77. The van der Waals surface area contributed by atoms with Gasteiger partial charge < -0.3 is 4.74 Å². The zero-order chi connectivity index (χ0) is 16.8. The van der Waals surface area contributed by atoms with E-state index in [0.29, 0.717) is 16.9 Å². The summed E-state index contributed by atoms with van der Waals surface area (Å²) in [4.78, 5) is 12.4. The SMILES string of the molecule is COc1ccccc1C1C(=O)N(Cl)c2cc(C(F)(F)F)ccc21. The minimum absolute atomic E-state index is 0.0439. The van der Waals surface area contributed by atoms with Crippen LogP contribution in [0.25, 0.3) is 0 Å². The molecule has 2 aromatic carbocycles. The number of alkyl halides is 3. The van der Waals surface area contributed by atoms with Gasteiger partial charge in [-0.05, 0) is 23.8 Å². The molecule has 1 aliphatic rings. The Kier molecular flexibility index (Phi) is 3.72. The standard InChI is InChI=1S/C16H11ClF3NO2/c1-23-13-5-3-2-4-11(13)14-10-7-6-9(16(18,19)20)8-12(10)21(17)15(14)22/h2-8,14H,1H3. The third-order valence-corrected chi connectivity index (χ3v) is 4.12. The van der Waals surface area contributed by atoms with Crippen LogP contribution in [-0.4, -0.2) is 13.0 Å². The molecule has 1 aliphatic heterocycles. The minimum atomic E-state index is -4.50. The van der Waals surface area contributed by atoms with Crippen LogP contribution in [0.5, 0.6) is 5.75 Å². The predicted octanol–water partition coefficient (Wildman–Crippen LogP) is 4.35. The van der Waals surface area contributed by atoms with E-state index < -0.39 is 23.6 Å². The molecule has 0 fully saturated rings. The first-order valence-corrected chi connectivity index (χ1v) is 7.02. The van der Waals surface area contributed by atoms with Crippen LogP contribution in [0.15, 0.2) is 42.5 Å². The number of hydrogen-bond acceptors (Lipinski definition) is 2. The van der Waals surface area contributed by atoms with Crippen molar-refractivity contribution in [3.8, 4) is 5.75 Å². The molecule has 23 heavy (non-hydrogen) atoms. The number of methoxy groups -OCH3 is 1. The summed E-state index contributed by atoms with van der Waals surface area (Å²) in [6, 6.07) is 9.97. The second-order valence-corrected chi connectivity index (χ2v) is 5.40. The van der Waals surface area contributed by atoms with Gasteiger partial charge in [0.15, 0.2) is 0 Å². The Hall–Kier alpha value is -2.21. The second kappa shape index (κ2) is 5.45. The van der Waals surface area contributed by atoms with Crippen LogP contribution in [0.2, 0.25) is 0 Å². The Balaban J connectivity index is 2.15. The lowest BCUT2D eigenvalue weighted by atomic mass is 9.91. The van der Waals surface area contributed by atoms with Crippen molar-refractivity contribution in [3.63, 3.8) is 0 Å². The number of amides is 1. The summed E-state index contributed by atoms with van der Waals surface area (Å²) in [6.07, 6.45) is -4.50. The summed E-state index contributed by atoms with van der Waals surface area (Å²) >= 11 is 5.93. The number of carbonyl (C=O) groups is 1. The molecular formula is C16H11ClF3NO2. The van der Waals surface area contributed by atoms with Crippen LogP contribution in [0, 0.1) is 0 Å². The maximum Gasteiger partial charge on any atom is 0.416 e. The highest BCUT2D eigenvalue weighted by Crippen LogP contribution is 2.46. The topological polar surface area (TPSA) is 29.5 Å². The van der Waals surface area contributed by atoms with Crippen molar-refractivity contribution < 1.29 is 22.7 Å². The molecule has 0 aliphatic carbocycles. The average molecular weight is 342 g/mol. The quantitative estimate of drug-likeness (QED) is 0.760. The molecule has 1 atom stereocenters. The smallest absolute Gasteiger partial charge is 0.416 e. The van der Waals surface area contributed by atoms with Crippen molar-refractivity contribution >= 4 is 23.4 Å². The van der Waals surface area contributed by atoms with Crippen molar-refractivity contribution in [2.24, 2.45) is 0 Å². The van der Waals surface area contributed by atoms with Crippen molar-refractivity contribution in [2.45, 2.75) is 12.1 Å². The van der Waals surface area contributed by atoms with Crippen LogP contribution in [0.4, 0.5) is 18.9 Å². The lowest BCUT2D eigenvalue weighted by Gasteiger charge is -2.14. The van der Waals surface area contributed by atoms with Crippen LogP contribution in [0.3, 0.4) is 0 Å². The van der Waals surface area contributed by atoms with Gasteiger partial charge in [0.1, 0.15) is 5.75 Å². The summed E-state index contributed by atoms with van der Waals surface area (Å²) in [6.45, 7) is 0. The van der Waals surface area contributed by atoms with Gasteiger partial charge in [-0.2, -0.15) is 13.2 Å². The number of hydrogen-bond donors (Lipinski definition) is 0. The van der Waals surface area contributed by atoms with E-state index in [-0.39, 0.29) is 5.69 Å². The van der Waals surface area contributed by atoms with E-state index in [4.69, 9.17) is 16.5 Å². The summed E-state index contributed by atoms with van der Waals surface area (Å²) in [5.74, 6) is -0.824. The molecule has 3 nitrogen and oxygen atoms in total. The normalized spacial score (nSPS) is 17.3. The molecule has 0 spiro atoms. The van der Waals surface area contributed by atoms with Crippen molar-refractivity contribution in [3.05, 3.63) is 59.2 Å². The number of fused-ring (bicyclic) bond motifs is 1. The van der Waals surface area contributed by atoms with Crippen molar-refractivity contribution in [2.75, 3.05) is 11.5 Å². The lowest BCUT2D eigenvalue weighted by molar-refractivity contribution is -0.137. The minimum Gasteiger partial charge on any atom is -0.496 e. The number of carbonyl (C=O) groups excluding carboxylic acids is 1. The monoisotopic (exact) mass is 341 g/mol. The first kappa shape index (κ1) is 15.7. The molecule has 1 amide bonds. The van der Waals surface area contributed by atoms with Gasteiger partial charge in [-0.25, -0.2) is 4.42 Å². The molecule has 0 saturated heterocycles. The second-order valence-electron chi connectivity index (χ2n) is 5.07. The Labute approximate surface area is 135 Å². The van der Waals surface area contributed by atoms with Gasteiger partial charge >= 0.3 is 6.18 Å². The van der Waals surface area contributed by atoms with Gasteiger partial charge in [0.2, 0.25) is 0 Å². The molecule has 0 aromatic heterocycles. The molecule has 2 aromatic rings. The molecular weight excluding hydrogens is 331 g/mol. The fourth-order valence-corrected chi connectivity index (χ4v) is 2.95. The van der Waals surface area contributed by atoms with E-state index in [0.717, 1.165) is 16.6 Å². The molecule has 0 N–H and O–H groups in total. The molecule has 120 valence electrons. The zero-order valence-electron chi connectivity index (χ0n) is 11.9. The Morgan fingerprint density at radius 2 is 1.83 bits per heavy atom. The van der Waals surface area contributed by atoms with E-state index in [1.165, 1.54) is 13.2 Å². The highest BCUT2D eigenvalue weighted by Gasteiger charge is 2.41. The van der Waals surface area contributed by atoms with Gasteiger partial charge in [-0.3, -0.25) is 4.79 Å². The van der Waals surface area contributed by atoms with E-state index >= 15 is 0 Å². The summed E-state index contributed by atoms with van der Waals surface area (Å²) in [7, 11) is 1.46. The Morgan fingerprint density at radius 3 is 2.48 bits per heavy atom. The van der Waals surface area contributed by atoms with Crippen LogP contribution in [0.1, 0.15) is 22.6 Å². The number of para-hydroxylation sites is 1. The van der Waals surface area contributed by atoms with E-state index in [2.05, 4.69) is 0 Å². The van der Waals surface area contributed by atoms with Gasteiger partial charge in [0.25, 0.3) is 5.91 Å². The van der Waals surface area contributed by atoms with Gasteiger partial charge in [-0.1, -0.05) is 24.3 Å². The Morgan fingerprint density at radius 1 is 1.13 bits per heavy atom. The molecule has 0 saturated carbocycles. The highest BCUT2D eigenvalue weighted by molar-refractivity contribution is 6.40. The molecule has 7 heteroatoms. The number of anilines is 1. The Bertz CT molecular complexity index is 776. The number of halogens is 4. The zero-order valence-corrected chi connectivity index (χ0v) is 12.7. The maximum absolute atomic E-state index is 12.9. The first-order chi connectivity index (χ1) is 10.8. The first-order valence-electron chi connectivity index (χ1n) is 6.68. The van der Waals surface area contributed by atoms with Crippen LogP contribution < -0.4 is 9.16 Å². The third kappa shape index (κ3) is 2.53.